The molecule has 0 radical (unpaired) electrons. The Balaban J connectivity index is 2.20. The minimum Gasteiger partial charge on any atom is -0.476 e. The van der Waals surface area contributed by atoms with Crippen LogP contribution in [0.25, 0.3) is 0 Å². The van der Waals surface area contributed by atoms with Crippen molar-refractivity contribution in [2.24, 2.45) is 5.10 Å². The van der Waals surface area contributed by atoms with Gasteiger partial charge in [0.25, 0.3) is 0 Å². The van der Waals surface area contributed by atoms with Crippen LogP contribution in [0.4, 0.5) is 11.6 Å². The van der Waals surface area contributed by atoms with E-state index in [1.165, 1.54) is 0 Å². The molecule has 0 aliphatic rings. The van der Waals surface area contributed by atoms with Crippen LogP contribution in [0, 0.1) is 13.8 Å². The molecule has 0 bridgehead atoms. The Labute approximate surface area is 168 Å². The number of hydrazone groups is 1. The summed E-state index contributed by atoms with van der Waals surface area (Å²) in [6.07, 6.45) is 3.86. The van der Waals surface area contributed by atoms with Gasteiger partial charge in [0, 0.05) is 37.5 Å². The Morgan fingerprint density at radius 1 is 1.18 bits per heavy atom. The molecule has 2 heterocycles. The number of hydrogen-bond donors (Lipinski definition) is 2. The minimum atomic E-state index is 0.564. The Bertz CT molecular complexity index is 732. The predicted molar refractivity (Wildman–Crippen MR) is 116 cm³/mol. The van der Waals surface area contributed by atoms with Crippen molar-refractivity contribution in [3.05, 3.63) is 35.2 Å². The van der Waals surface area contributed by atoms with Gasteiger partial charge in [-0.25, -0.2) is 10.4 Å². The van der Waals surface area contributed by atoms with E-state index in [1.807, 2.05) is 39.1 Å². The molecule has 0 fully saturated rings. The van der Waals surface area contributed by atoms with E-state index < -0.39 is 0 Å². The number of aromatic nitrogens is 1. The van der Waals surface area contributed by atoms with Crippen molar-refractivity contribution in [2.75, 3.05) is 43.6 Å². The highest BCUT2D eigenvalue weighted by atomic mass is 16.5. The standard InChI is InChI=1S/C21H33N5O2/c1-6-9-26(10-7-2)19-13-18(24-20(14-19)27-11-8-22-5)15-23-25-21-12-16(3)17(4)28-21/h12-15,22,25H,6-11H2,1-5H3/b23-15+. The zero-order valence-electron chi connectivity index (χ0n) is 17.7. The molecule has 0 spiro atoms. The Morgan fingerprint density at radius 3 is 2.54 bits per heavy atom. The molecule has 0 saturated carbocycles. The van der Waals surface area contributed by atoms with Gasteiger partial charge in [0.05, 0.1) is 11.9 Å². The molecule has 0 unspecified atom stereocenters. The molecule has 0 saturated heterocycles. The van der Waals surface area contributed by atoms with Gasteiger partial charge in [-0.2, -0.15) is 5.10 Å². The van der Waals surface area contributed by atoms with E-state index in [-0.39, 0.29) is 0 Å². The summed E-state index contributed by atoms with van der Waals surface area (Å²) in [6, 6.07) is 5.97. The summed E-state index contributed by atoms with van der Waals surface area (Å²) in [4.78, 5) is 6.92. The molecule has 2 N–H and O–H groups in total. The van der Waals surface area contributed by atoms with Gasteiger partial charge in [0.1, 0.15) is 12.4 Å². The van der Waals surface area contributed by atoms with Gasteiger partial charge in [-0.1, -0.05) is 13.8 Å². The van der Waals surface area contributed by atoms with Gasteiger partial charge in [0.2, 0.25) is 11.8 Å². The number of nitrogens with one attached hydrogen (secondary N) is 2. The Morgan fingerprint density at radius 2 is 1.93 bits per heavy atom. The molecule has 0 aliphatic heterocycles. The number of furan rings is 1. The summed E-state index contributed by atoms with van der Waals surface area (Å²) >= 11 is 0. The van der Waals surface area contributed by atoms with Crippen molar-refractivity contribution in [3.63, 3.8) is 0 Å². The average Bonchev–Trinajstić information content (AvgIpc) is 2.99. The second-order valence-electron chi connectivity index (χ2n) is 6.75. The highest BCUT2D eigenvalue weighted by Gasteiger charge is 2.10. The number of likely N-dealkylation sites (N-methyl/N-ethyl adjacent to an activating group) is 1. The largest absolute Gasteiger partial charge is 0.476 e. The second-order valence-corrected chi connectivity index (χ2v) is 6.75. The molecule has 28 heavy (non-hydrogen) atoms. The first-order chi connectivity index (χ1) is 13.6. The van der Waals surface area contributed by atoms with Crippen LogP contribution in [0.3, 0.4) is 0 Å². The zero-order chi connectivity index (χ0) is 20.4. The first-order valence-corrected chi connectivity index (χ1v) is 9.97. The zero-order valence-corrected chi connectivity index (χ0v) is 17.7. The molecule has 2 rings (SSSR count). The monoisotopic (exact) mass is 387 g/mol. The van der Waals surface area contributed by atoms with Crippen LogP contribution in [0.2, 0.25) is 0 Å². The van der Waals surface area contributed by atoms with Crippen molar-refractivity contribution >= 4 is 17.8 Å². The molecule has 154 valence electrons. The molecule has 7 heteroatoms. The van der Waals surface area contributed by atoms with Crippen LogP contribution < -0.4 is 20.4 Å². The molecule has 0 atom stereocenters. The van der Waals surface area contributed by atoms with Crippen LogP contribution >= 0.6 is 0 Å². The minimum absolute atomic E-state index is 0.564. The fourth-order valence-corrected chi connectivity index (χ4v) is 2.79. The van der Waals surface area contributed by atoms with Gasteiger partial charge < -0.3 is 19.4 Å². The van der Waals surface area contributed by atoms with Crippen molar-refractivity contribution < 1.29 is 9.15 Å². The van der Waals surface area contributed by atoms with E-state index in [1.54, 1.807) is 6.21 Å². The summed E-state index contributed by atoms with van der Waals surface area (Å²) < 4.78 is 11.4. The smallest absolute Gasteiger partial charge is 0.215 e. The van der Waals surface area contributed by atoms with Crippen LogP contribution in [-0.4, -0.2) is 44.5 Å². The number of aryl methyl sites for hydroxylation is 2. The maximum Gasteiger partial charge on any atom is 0.215 e. The molecule has 7 nitrogen and oxygen atoms in total. The fourth-order valence-electron chi connectivity index (χ4n) is 2.79. The summed E-state index contributed by atoms with van der Waals surface area (Å²) in [6.45, 7) is 11.6. The number of pyridine rings is 1. The molecule has 2 aromatic heterocycles. The number of hydrogen-bond acceptors (Lipinski definition) is 7. The topological polar surface area (TPSA) is 74.9 Å². The third kappa shape index (κ3) is 6.56. The second kappa shape index (κ2) is 11.3. The molecule has 0 amide bonds. The van der Waals surface area contributed by atoms with Crippen molar-refractivity contribution in [3.8, 4) is 5.88 Å². The van der Waals surface area contributed by atoms with Gasteiger partial charge >= 0.3 is 0 Å². The maximum absolute atomic E-state index is 5.82. The van der Waals surface area contributed by atoms with Gasteiger partial charge in [-0.15, -0.1) is 0 Å². The van der Waals surface area contributed by atoms with Crippen molar-refractivity contribution in [1.82, 2.24) is 10.3 Å². The van der Waals surface area contributed by atoms with E-state index in [0.29, 0.717) is 18.4 Å². The molecular weight excluding hydrogens is 354 g/mol. The SMILES string of the molecule is CCCN(CCC)c1cc(/C=N/Nc2cc(C)c(C)o2)nc(OCCNC)c1. The van der Waals surface area contributed by atoms with Crippen molar-refractivity contribution in [2.45, 2.75) is 40.5 Å². The lowest BCUT2D eigenvalue weighted by Crippen LogP contribution is -2.25. The lowest BCUT2D eigenvalue weighted by molar-refractivity contribution is 0.306. The summed E-state index contributed by atoms with van der Waals surface area (Å²) in [5.74, 6) is 2.11. The van der Waals surface area contributed by atoms with Crippen LogP contribution in [0.1, 0.15) is 43.7 Å². The number of anilines is 2. The van der Waals surface area contributed by atoms with E-state index in [4.69, 9.17) is 9.15 Å². The lowest BCUT2D eigenvalue weighted by atomic mass is 10.2. The van der Waals surface area contributed by atoms with E-state index >= 15 is 0 Å². The lowest BCUT2D eigenvalue weighted by Gasteiger charge is -2.24. The van der Waals surface area contributed by atoms with Gasteiger partial charge in [-0.3, -0.25) is 0 Å². The maximum atomic E-state index is 5.82. The van der Waals surface area contributed by atoms with Crippen LogP contribution in [-0.2, 0) is 0 Å². The van der Waals surface area contributed by atoms with E-state index in [0.717, 1.165) is 55.2 Å². The third-order valence-electron chi connectivity index (χ3n) is 4.30. The predicted octanol–water partition coefficient (Wildman–Crippen LogP) is 3.96. The van der Waals surface area contributed by atoms with Crippen molar-refractivity contribution in [1.29, 1.82) is 0 Å². The Hall–Kier alpha value is -2.54. The first kappa shape index (κ1) is 21.8. The average molecular weight is 388 g/mol. The number of rotatable bonds is 12. The quantitative estimate of drug-likeness (QED) is 0.326. The van der Waals surface area contributed by atoms with Gasteiger partial charge in [0.15, 0.2) is 0 Å². The van der Waals surface area contributed by atoms with E-state index in [2.05, 4.69) is 39.6 Å². The molecule has 2 aromatic rings. The summed E-state index contributed by atoms with van der Waals surface area (Å²) in [7, 11) is 1.90. The number of nitrogens with zero attached hydrogens (tertiary/aromatic N) is 3. The number of ether oxygens (including phenoxy) is 1. The highest BCUT2D eigenvalue weighted by molar-refractivity contribution is 5.79. The molecule has 0 aliphatic carbocycles. The third-order valence-corrected chi connectivity index (χ3v) is 4.30. The molecular formula is C21H33N5O2. The van der Waals surface area contributed by atoms with Gasteiger partial charge in [-0.05, 0) is 45.4 Å². The molecule has 0 aromatic carbocycles. The highest BCUT2D eigenvalue weighted by Crippen LogP contribution is 2.22. The van der Waals surface area contributed by atoms with E-state index in [9.17, 15) is 0 Å². The van der Waals surface area contributed by atoms with Crippen LogP contribution in [0.5, 0.6) is 5.88 Å². The summed E-state index contributed by atoms with van der Waals surface area (Å²) in [5, 5.41) is 7.36. The first-order valence-electron chi connectivity index (χ1n) is 9.97. The fraction of sp³-hybridized carbons (Fsp3) is 0.524. The summed E-state index contributed by atoms with van der Waals surface area (Å²) in [5.41, 5.74) is 5.85. The Kier molecular flexibility index (Phi) is 8.81. The van der Waals surface area contributed by atoms with Crippen LogP contribution in [0.15, 0.2) is 27.7 Å². The normalized spacial score (nSPS) is 11.2.